The van der Waals surface area contributed by atoms with Crippen molar-refractivity contribution in [2.75, 3.05) is 6.61 Å². The van der Waals surface area contributed by atoms with Gasteiger partial charge < -0.3 is 4.74 Å². The molecule has 0 aromatic heterocycles. The molecule has 1 nitrogen and oxygen atoms in total. The first-order valence-electron chi connectivity index (χ1n) is 4.25. The molecule has 1 heterocycles. The second kappa shape index (κ2) is 3.61. The van der Waals surface area contributed by atoms with Crippen molar-refractivity contribution in [3.05, 3.63) is 34.6 Å². The molecule has 0 spiro atoms. The Balaban J connectivity index is 3.13. The van der Waals surface area contributed by atoms with E-state index in [1.807, 2.05) is 6.08 Å². The zero-order chi connectivity index (χ0) is 9.14. The second-order valence-electron chi connectivity index (χ2n) is 3.51. The van der Waals surface area contributed by atoms with Crippen LogP contribution in [-0.4, -0.2) is 6.61 Å². The third kappa shape index (κ3) is 1.79. The zero-order valence-corrected chi connectivity index (χ0v) is 8.27. The Hall–Kier alpha value is -0.980. The Morgan fingerprint density at radius 2 is 1.83 bits per heavy atom. The molecule has 0 atom stereocenters. The predicted molar refractivity (Wildman–Crippen MR) is 51.8 cm³/mol. The molecule has 1 rings (SSSR count). The number of ether oxygens (including phenoxy) is 1. The van der Waals surface area contributed by atoms with Crippen LogP contribution in [0.4, 0.5) is 0 Å². The summed E-state index contributed by atoms with van der Waals surface area (Å²) in [7, 11) is 0. The molecule has 0 N–H and O–H groups in total. The molecule has 0 aromatic carbocycles. The van der Waals surface area contributed by atoms with E-state index in [0.717, 1.165) is 6.61 Å². The van der Waals surface area contributed by atoms with E-state index in [4.69, 9.17) is 4.74 Å². The van der Waals surface area contributed by atoms with Crippen molar-refractivity contribution in [3.63, 3.8) is 0 Å². The van der Waals surface area contributed by atoms with Gasteiger partial charge in [0.1, 0.15) is 6.61 Å². The fourth-order valence-electron chi connectivity index (χ4n) is 1.31. The molecule has 0 unspecified atom stereocenters. The van der Waals surface area contributed by atoms with Gasteiger partial charge in [-0.3, -0.25) is 0 Å². The lowest BCUT2D eigenvalue weighted by Gasteiger charge is -2.17. The molecule has 0 aliphatic carbocycles. The number of allylic oxidation sites excluding steroid dienone is 3. The van der Waals surface area contributed by atoms with Crippen LogP contribution in [0.1, 0.15) is 27.7 Å². The monoisotopic (exact) mass is 164 g/mol. The quantitative estimate of drug-likeness (QED) is 0.534. The van der Waals surface area contributed by atoms with Crippen molar-refractivity contribution >= 4 is 0 Å². The van der Waals surface area contributed by atoms with Gasteiger partial charge in [-0.15, -0.1) is 0 Å². The van der Waals surface area contributed by atoms with E-state index in [9.17, 15) is 0 Å². The fourth-order valence-corrected chi connectivity index (χ4v) is 1.31. The Bertz CT molecular complexity index is 259. The van der Waals surface area contributed by atoms with E-state index in [-0.39, 0.29) is 0 Å². The van der Waals surface area contributed by atoms with Gasteiger partial charge >= 0.3 is 0 Å². The van der Waals surface area contributed by atoms with Crippen LogP contribution in [-0.2, 0) is 4.74 Å². The van der Waals surface area contributed by atoms with Crippen molar-refractivity contribution < 1.29 is 4.74 Å². The average Bonchev–Trinajstić information content (AvgIpc) is 2.04. The maximum Gasteiger partial charge on any atom is 0.113 e. The highest BCUT2D eigenvalue weighted by Gasteiger charge is 2.09. The summed E-state index contributed by atoms with van der Waals surface area (Å²) in [5.74, 6) is 0. The van der Waals surface area contributed by atoms with Crippen LogP contribution in [0, 0.1) is 0 Å². The third-order valence-corrected chi connectivity index (χ3v) is 2.03. The Labute approximate surface area is 74.4 Å². The molecule has 1 aliphatic heterocycles. The summed E-state index contributed by atoms with van der Waals surface area (Å²) in [6, 6.07) is 0. The van der Waals surface area contributed by atoms with Crippen molar-refractivity contribution in [2.24, 2.45) is 0 Å². The van der Waals surface area contributed by atoms with E-state index in [2.05, 4.69) is 27.7 Å². The highest BCUT2D eigenvalue weighted by Crippen LogP contribution is 2.23. The lowest BCUT2D eigenvalue weighted by Crippen LogP contribution is -2.04. The van der Waals surface area contributed by atoms with Crippen LogP contribution in [0.2, 0.25) is 0 Å². The molecule has 12 heavy (non-hydrogen) atoms. The average molecular weight is 164 g/mol. The summed E-state index contributed by atoms with van der Waals surface area (Å²) < 4.78 is 5.25. The molecule has 0 aromatic rings. The normalized spacial score (nSPS) is 16.0. The molecule has 0 saturated heterocycles. The SMILES string of the molecule is CC(C)=C1C=COCC1=C(C)C. The van der Waals surface area contributed by atoms with E-state index < -0.39 is 0 Å². The molecular formula is C11H16O. The summed E-state index contributed by atoms with van der Waals surface area (Å²) in [6.07, 6.45) is 3.82. The lowest BCUT2D eigenvalue weighted by molar-refractivity contribution is 0.274. The van der Waals surface area contributed by atoms with Crippen LogP contribution in [0.15, 0.2) is 34.6 Å². The molecule has 0 saturated carbocycles. The van der Waals surface area contributed by atoms with E-state index in [0.29, 0.717) is 0 Å². The van der Waals surface area contributed by atoms with Crippen molar-refractivity contribution in [1.29, 1.82) is 0 Å². The second-order valence-corrected chi connectivity index (χ2v) is 3.51. The molecule has 0 radical (unpaired) electrons. The summed E-state index contributed by atoms with van der Waals surface area (Å²) in [5, 5.41) is 0. The minimum Gasteiger partial charge on any atom is -0.496 e. The molecule has 1 heteroatoms. The van der Waals surface area contributed by atoms with Gasteiger partial charge in [0.25, 0.3) is 0 Å². The Morgan fingerprint density at radius 1 is 1.17 bits per heavy atom. The Morgan fingerprint density at radius 3 is 2.25 bits per heavy atom. The molecule has 0 fully saturated rings. The molecular weight excluding hydrogens is 148 g/mol. The maximum absolute atomic E-state index is 5.25. The van der Waals surface area contributed by atoms with Gasteiger partial charge in [-0.2, -0.15) is 0 Å². The minimum atomic E-state index is 0.722. The highest BCUT2D eigenvalue weighted by atomic mass is 16.5. The molecule has 0 amide bonds. The Kier molecular flexibility index (Phi) is 2.74. The van der Waals surface area contributed by atoms with Gasteiger partial charge in [-0.25, -0.2) is 0 Å². The van der Waals surface area contributed by atoms with Crippen molar-refractivity contribution in [3.8, 4) is 0 Å². The smallest absolute Gasteiger partial charge is 0.113 e. The first kappa shape index (κ1) is 9.11. The van der Waals surface area contributed by atoms with E-state index in [1.165, 1.54) is 22.3 Å². The van der Waals surface area contributed by atoms with Crippen molar-refractivity contribution in [2.45, 2.75) is 27.7 Å². The lowest BCUT2D eigenvalue weighted by atomic mass is 9.97. The highest BCUT2D eigenvalue weighted by molar-refractivity contribution is 5.45. The minimum absolute atomic E-state index is 0.722. The van der Waals surface area contributed by atoms with Crippen LogP contribution in [0.5, 0.6) is 0 Å². The van der Waals surface area contributed by atoms with Crippen molar-refractivity contribution in [1.82, 2.24) is 0 Å². The van der Waals surface area contributed by atoms with Gasteiger partial charge in [0.15, 0.2) is 0 Å². The summed E-state index contributed by atoms with van der Waals surface area (Å²) in [6.45, 7) is 9.24. The van der Waals surface area contributed by atoms with Gasteiger partial charge in [-0.05, 0) is 44.9 Å². The molecule has 1 aliphatic rings. The zero-order valence-electron chi connectivity index (χ0n) is 8.27. The van der Waals surface area contributed by atoms with Gasteiger partial charge in [0.05, 0.1) is 6.26 Å². The topological polar surface area (TPSA) is 9.23 Å². The van der Waals surface area contributed by atoms with E-state index in [1.54, 1.807) is 6.26 Å². The van der Waals surface area contributed by atoms with Gasteiger partial charge in [0.2, 0.25) is 0 Å². The fraction of sp³-hybridized carbons (Fsp3) is 0.455. The van der Waals surface area contributed by atoms with Crippen LogP contribution in [0.25, 0.3) is 0 Å². The van der Waals surface area contributed by atoms with Crippen LogP contribution in [0.3, 0.4) is 0 Å². The molecule has 0 bridgehead atoms. The first-order chi connectivity index (χ1) is 5.63. The van der Waals surface area contributed by atoms with Gasteiger partial charge in [-0.1, -0.05) is 11.1 Å². The summed E-state index contributed by atoms with van der Waals surface area (Å²) in [4.78, 5) is 0. The number of rotatable bonds is 0. The third-order valence-electron chi connectivity index (χ3n) is 2.03. The summed E-state index contributed by atoms with van der Waals surface area (Å²) >= 11 is 0. The standard InChI is InChI=1S/C11H16O/c1-8(2)10-5-6-12-7-11(10)9(3)4/h5-6H,7H2,1-4H3. The van der Waals surface area contributed by atoms with Crippen LogP contribution >= 0.6 is 0 Å². The largest absolute Gasteiger partial charge is 0.496 e. The van der Waals surface area contributed by atoms with E-state index >= 15 is 0 Å². The van der Waals surface area contributed by atoms with Gasteiger partial charge in [0, 0.05) is 0 Å². The van der Waals surface area contributed by atoms with Crippen LogP contribution < -0.4 is 0 Å². The number of hydrogen-bond donors (Lipinski definition) is 0. The summed E-state index contributed by atoms with van der Waals surface area (Å²) in [5.41, 5.74) is 5.36. The number of hydrogen-bond acceptors (Lipinski definition) is 1. The maximum atomic E-state index is 5.25. The predicted octanol–water partition coefficient (Wildman–Crippen LogP) is 3.20. The first-order valence-corrected chi connectivity index (χ1v) is 4.25. The molecule has 66 valence electrons.